The first-order valence-corrected chi connectivity index (χ1v) is 8.70. The van der Waals surface area contributed by atoms with Gasteiger partial charge in [0.2, 0.25) is 0 Å². The zero-order chi connectivity index (χ0) is 17.1. The number of ether oxygens (including phenoxy) is 1. The first-order valence-electron chi connectivity index (χ1n) is 7.71. The summed E-state index contributed by atoms with van der Waals surface area (Å²) in [5.74, 6) is 1.20. The number of carbonyl (C=O) groups excluding carboxylic acids is 1. The van der Waals surface area contributed by atoms with Crippen LogP contribution in [0.2, 0.25) is 0 Å². The topological polar surface area (TPSA) is 50.4 Å². The van der Waals surface area contributed by atoms with Crippen LogP contribution in [0.25, 0.3) is 0 Å². The van der Waals surface area contributed by atoms with Crippen molar-refractivity contribution < 1.29 is 13.9 Å². The SMILES string of the molecule is COc1ccc(C)cc1NC(=O)NC1CCSc2ccc(F)cc21. The van der Waals surface area contributed by atoms with Crippen LogP contribution in [0.4, 0.5) is 14.9 Å². The molecular formula is C18H19FN2O2S. The van der Waals surface area contributed by atoms with Crippen LogP contribution in [-0.2, 0) is 0 Å². The highest BCUT2D eigenvalue weighted by Gasteiger charge is 2.23. The summed E-state index contributed by atoms with van der Waals surface area (Å²) >= 11 is 1.68. The Morgan fingerprint density at radius 3 is 2.92 bits per heavy atom. The van der Waals surface area contributed by atoms with E-state index in [1.54, 1.807) is 24.9 Å². The molecule has 1 unspecified atom stereocenters. The third-order valence-corrected chi connectivity index (χ3v) is 5.04. The van der Waals surface area contributed by atoms with E-state index < -0.39 is 0 Å². The Hall–Kier alpha value is -2.21. The third-order valence-electron chi connectivity index (χ3n) is 3.92. The van der Waals surface area contributed by atoms with Gasteiger partial charge in [0.15, 0.2) is 0 Å². The van der Waals surface area contributed by atoms with Crippen LogP contribution < -0.4 is 15.4 Å². The fraction of sp³-hybridized carbons (Fsp3) is 0.278. The molecule has 0 aromatic heterocycles. The van der Waals surface area contributed by atoms with E-state index in [9.17, 15) is 9.18 Å². The number of fused-ring (bicyclic) bond motifs is 1. The monoisotopic (exact) mass is 346 g/mol. The van der Waals surface area contributed by atoms with Crippen LogP contribution in [-0.4, -0.2) is 18.9 Å². The molecule has 1 atom stereocenters. The van der Waals surface area contributed by atoms with Gasteiger partial charge < -0.3 is 15.4 Å². The van der Waals surface area contributed by atoms with E-state index in [1.165, 1.54) is 12.1 Å². The van der Waals surface area contributed by atoms with Gasteiger partial charge in [0.05, 0.1) is 18.8 Å². The van der Waals surface area contributed by atoms with Crippen molar-refractivity contribution in [1.82, 2.24) is 5.32 Å². The van der Waals surface area contributed by atoms with E-state index in [1.807, 2.05) is 25.1 Å². The Kier molecular flexibility index (Phi) is 4.94. The first-order chi connectivity index (χ1) is 11.6. The number of halogens is 1. The number of nitrogens with one attached hydrogen (secondary N) is 2. The number of thioether (sulfide) groups is 1. The fourth-order valence-electron chi connectivity index (χ4n) is 2.75. The predicted molar refractivity (Wildman–Crippen MR) is 94.4 cm³/mol. The zero-order valence-electron chi connectivity index (χ0n) is 13.6. The van der Waals surface area contributed by atoms with Gasteiger partial charge in [0.1, 0.15) is 11.6 Å². The molecule has 2 N–H and O–H groups in total. The van der Waals surface area contributed by atoms with E-state index in [-0.39, 0.29) is 17.9 Å². The molecule has 0 aliphatic carbocycles. The van der Waals surface area contributed by atoms with Gasteiger partial charge >= 0.3 is 6.03 Å². The summed E-state index contributed by atoms with van der Waals surface area (Å²) in [7, 11) is 1.56. The molecule has 4 nitrogen and oxygen atoms in total. The van der Waals surface area contributed by atoms with Crippen LogP contribution in [0.3, 0.4) is 0 Å². The van der Waals surface area contributed by atoms with Gasteiger partial charge in [-0.15, -0.1) is 11.8 Å². The molecule has 0 saturated carbocycles. The third kappa shape index (κ3) is 3.64. The summed E-state index contributed by atoms with van der Waals surface area (Å²) in [6.45, 7) is 1.94. The lowest BCUT2D eigenvalue weighted by atomic mass is 10.0. The minimum Gasteiger partial charge on any atom is -0.495 e. The molecule has 24 heavy (non-hydrogen) atoms. The van der Waals surface area contributed by atoms with Crippen LogP contribution >= 0.6 is 11.8 Å². The van der Waals surface area contributed by atoms with Crippen molar-refractivity contribution in [3.05, 3.63) is 53.3 Å². The van der Waals surface area contributed by atoms with Crippen molar-refractivity contribution >= 4 is 23.5 Å². The summed E-state index contributed by atoms with van der Waals surface area (Å²) in [6.07, 6.45) is 0.763. The molecule has 0 fully saturated rings. The lowest BCUT2D eigenvalue weighted by molar-refractivity contribution is 0.248. The molecule has 1 aliphatic heterocycles. The minimum absolute atomic E-state index is 0.201. The van der Waals surface area contributed by atoms with Gasteiger partial charge in [-0.3, -0.25) is 0 Å². The van der Waals surface area contributed by atoms with Crippen LogP contribution in [0.15, 0.2) is 41.3 Å². The lowest BCUT2D eigenvalue weighted by Gasteiger charge is -2.26. The molecule has 0 bridgehead atoms. The van der Waals surface area contributed by atoms with E-state index >= 15 is 0 Å². The van der Waals surface area contributed by atoms with Crippen LogP contribution in [0.1, 0.15) is 23.6 Å². The number of benzene rings is 2. The van der Waals surface area contributed by atoms with Crippen molar-refractivity contribution in [2.45, 2.75) is 24.3 Å². The van der Waals surface area contributed by atoms with E-state index in [4.69, 9.17) is 4.74 Å². The average molecular weight is 346 g/mol. The minimum atomic E-state index is -0.328. The second-order valence-electron chi connectivity index (χ2n) is 5.67. The number of methoxy groups -OCH3 is 1. The van der Waals surface area contributed by atoms with Gasteiger partial charge in [0.25, 0.3) is 0 Å². The Bertz CT molecular complexity index is 767. The fourth-order valence-corrected chi connectivity index (χ4v) is 3.86. The molecule has 2 aromatic carbocycles. The van der Waals surface area contributed by atoms with Gasteiger partial charge in [-0.2, -0.15) is 0 Å². The molecule has 1 aliphatic rings. The Morgan fingerprint density at radius 2 is 2.12 bits per heavy atom. The molecule has 126 valence electrons. The highest BCUT2D eigenvalue weighted by Crippen LogP contribution is 2.36. The standard InChI is InChI=1S/C18H19FN2O2S/c1-11-3-5-16(23-2)15(9-11)21-18(22)20-14-7-8-24-17-6-4-12(19)10-13(14)17/h3-6,9-10,14H,7-8H2,1-2H3,(H2,20,21,22). The van der Waals surface area contributed by atoms with Crippen molar-refractivity contribution in [3.8, 4) is 5.75 Å². The molecule has 0 radical (unpaired) electrons. The number of hydrogen-bond donors (Lipinski definition) is 2. The van der Waals surface area contributed by atoms with E-state index in [2.05, 4.69) is 10.6 Å². The zero-order valence-corrected chi connectivity index (χ0v) is 14.4. The Morgan fingerprint density at radius 1 is 1.29 bits per heavy atom. The largest absolute Gasteiger partial charge is 0.495 e. The van der Waals surface area contributed by atoms with Gasteiger partial charge in [0, 0.05) is 10.6 Å². The van der Waals surface area contributed by atoms with Gasteiger partial charge in [-0.05, 0) is 54.8 Å². The summed E-state index contributed by atoms with van der Waals surface area (Å²) in [5.41, 5.74) is 2.46. The second kappa shape index (κ2) is 7.13. The van der Waals surface area contributed by atoms with E-state index in [0.717, 1.165) is 28.2 Å². The molecule has 2 amide bonds. The lowest BCUT2D eigenvalue weighted by Crippen LogP contribution is -2.34. The number of aryl methyl sites for hydroxylation is 1. The predicted octanol–water partition coefficient (Wildman–Crippen LogP) is 4.50. The quantitative estimate of drug-likeness (QED) is 0.860. The number of rotatable bonds is 3. The number of amides is 2. The molecule has 0 spiro atoms. The number of anilines is 1. The average Bonchev–Trinajstić information content (AvgIpc) is 2.55. The highest BCUT2D eigenvalue weighted by molar-refractivity contribution is 7.99. The number of carbonyl (C=O) groups is 1. The maximum atomic E-state index is 13.5. The van der Waals surface area contributed by atoms with E-state index in [0.29, 0.717) is 11.4 Å². The number of hydrogen-bond acceptors (Lipinski definition) is 3. The first kappa shape index (κ1) is 16.6. The maximum absolute atomic E-state index is 13.5. The molecule has 3 rings (SSSR count). The molecule has 1 heterocycles. The Labute approximate surface area is 144 Å². The molecule has 0 saturated heterocycles. The van der Waals surface area contributed by atoms with Crippen LogP contribution in [0.5, 0.6) is 5.75 Å². The van der Waals surface area contributed by atoms with Crippen molar-refractivity contribution in [2.75, 3.05) is 18.2 Å². The van der Waals surface area contributed by atoms with Crippen molar-refractivity contribution in [2.24, 2.45) is 0 Å². The normalized spacial score (nSPS) is 16.2. The number of urea groups is 1. The summed E-state index contributed by atoms with van der Waals surface area (Å²) in [4.78, 5) is 13.4. The highest BCUT2D eigenvalue weighted by atomic mass is 32.2. The van der Waals surface area contributed by atoms with Crippen molar-refractivity contribution in [1.29, 1.82) is 0 Å². The van der Waals surface area contributed by atoms with Crippen LogP contribution in [0, 0.1) is 12.7 Å². The molecule has 2 aromatic rings. The van der Waals surface area contributed by atoms with Gasteiger partial charge in [-0.1, -0.05) is 6.07 Å². The smallest absolute Gasteiger partial charge is 0.319 e. The van der Waals surface area contributed by atoms with Gasteiger partial charge in [-0.25, -0.2) is 9.18 Å². The second-order valence-corrected chi connectivity index (χ2v) is 6.81. The summed E-state index contributed by atoms with van der Waals surface area (Å²) in [5, 5.41) is 5.76. The Balaban J connectivity index is 1.75. The maximum Gasteiger partial charge on any atom is 0.319 e. The van der Waals surface area contributed by atoms with Crippen molar-refractivity contribution in [3.63, 3.8) is 0 Å². The molecular weight excluding hydrogens is 327 g/mol. The summed E-state index contributed by atoms with van der Waals surface area (Å²) in [6, 6.07) is 9.77. The summed E-state index contributed by atoms with van der Waals surface area (Å²) < 4.78 is 18.8. The molecule has 6 heteroatoms.